The zero-order chi connectivity index (χ0) is 24.2. The number of halogens is 1. The number of sulfonamides is 1. The molecule has 1 aliphatic heterocycles. The summed E-state index contributed by atoms with van der Waals surface area (Å²) in [6.45, 7) is 4.09. The molecule has 2 amide bonds. The lowest BCUT2D eigenvalue weighted by atomic mass is 10.1. The van der Waals surface area contributed by atoms with Gasteiger partial charge in [-0.15, -0.1) is 0 Å². The summed E-state index contributed by atoms with van der Waals surface area (Å²) < 4.78 is 26.4. The molecule has 1 aliphatic rings. The Kier molecular flexibility index (Phi) is 7.99. The molecule has 0 spiro atoms. The van der Waals surface area contributed by atoms with Crippen LogP contribution in [-0.2, 0) is 10.0 Å². The van der Waals surface area contributed by atoms with Crippen LogP contribution in [0, 0.1) is 0 Å². The second-order valence-corrected chi connectivity index (χ2v) is 10.6. The molecule has 0 aliphatic carbocycles. The third kappa shape index (κ3) is 5.66. The third-order valence-corrected chi connectivity index (χ3v) is 7.57. The minimum Gasteiger partial charge on any atom is -0.371 e. The van der Waals surface area contributed by atoms with Gasteiger partial charge in [0.25, 0.3) is 11.8 Å². The van der Waals surface area contributed by atoms with Crippen molar-refractivity contribution in [1.82, 2.24) is 9.62 Å². The van der Waals surface area contributed by atoms with Gasteiger partial charge < -0.3 is 15.5 Å². The Morgan fingerprint density at radius 3 is 2.33 bits per heavy atom. The van der Waals surface area contributed by atoms with Crippen LogP contribution in [0.2, 0.25) is 5.02 Å². The van der Waals surface area contributed by atoms with Crippen LogP contribution < -0.4 is 15.5 Å². The smallest absolute Gasteiger partial charge is 0.257 e. The minimum absolute atomic E-state index is 0.0431. The molecule has 178 valence electrons. The van der Waals surface area contributed by atoms with Crippen LogP contribution in [0.25, 0.3) is 0 Å². The van der Waals surface area contributed by atoms with E-state index in [0.717, 1.165) is 36.7 Å². The maximum atomic E-state index is 13.2. The van der Waals surface area contributed by atoms with Crippen molar-refractivity contribution in [2.75, 3.05) is 43.9 Å². The number of nitrogens with one attached hydrogen (secondary N) is 2. The summed E-state index contributed by atoms with van der Waals surface area (Å²) in [7, 11) is -0.810. The fourth-order valence-corrected chi connectivity index (χ4v) is 4.81. The van der Waals surface area contributed by atoms with Gasteiger partial charge in [0.15, 0.2) is 0 Å². The molecular weight excluding hydrogens is 464 g/mol. The minimum atomic E-state index is -3.71. The van der Waals surface area contributed by atoms with Crippen LogP contribution in [0.3, 0.4) is 0 Å². The van der Waals surface area contributed by atoms with Crippen molar-refractivity contribution < 1.29 is 18.0 Å². The third-order valence-electron chi connectivity index (χ3n) is 5.45. The Hall–Kier alpha value is -2.62. The van der Waals surface area contributed by atoms with Crippen molar-refractivity contribution >= 4 is 44.8 Å². The van der Waals surface area contributed by atoms with E-state index in [4.69, 9.17) is 11.6 Å². The molecule has 0 saturated carbocycles. The monoisotopic (exact) mass is 492 g/mol. The van der Waals surface area contributed by atoms with Crippen molar-refractivity contribution in [2.24, 2.45) is 0 Å². The van der Waals surface area contributed by atoms with Crippen LogP contribution in [0.1, 0.15) is 46.9 Å². The van der Waals surface area contributed by atoms with Gasteiger partial charge in [0.05, 0.1) is 21.0 Å². The molecule has 1 fully saturated rings. The highest BCUT2D eigenvalue weighted by molar-refractivity contribution is 7.89. The molecule has 0 aromatic heterocycles. The van der Waals surface area contributed by atoms with Gasteiger partial charge in [0.2, 0.25) is 10.0 Å². The molecule has 0 unspecified atom stereocenters. The first-order chi connectivity index (χ1) is 15.6. The molecule has 3 rings (SSSR count). The second kappa shape index (κ2) is 10.5. The average molecular weight is 493 g/mol. The lowest BCUT2D eigenvalue weighted by Gasteiger charge is -2.22. The first kappa shape index (κ1) is 25.0. The quantitative estimate of drug-likeness (QED) is 0.586. The largest absolute Gasteiger partial charge is 0.371 e. The lowest BCUT2D eigenvalue weighted by Crippen LogP contribution is -2.26. The summed E-state index contributed by atoms with van der Waals surface area (Å²) in [5, 5.41) is 5.77. The van der Waals surface area contributed by atoms with E-state index in [1.807, 2.05) is 6.92 Å². The second-order valence-electron chi connectivity index (χ2n) is 8.07. The number of carbonyl (C=O) groups excluding carboxylic acids is 2. The predicted octanol–water partition coefficient (Wildman–Crippen LogP) is 3.58. The first-order valence-corrected chi connectivity index (χ1v) is 12.7. The van der Waals surface area contributed by atoms with E-state index < -0.39 is 15.9 Å². The molecular formula is C23H29ClN4O4S. The summed E-state index contributed by atoms with van der Waals surface area (Å²) >= 11 is 6.28. The maximum absolute atomic E-state index is 13.2. The molecule has 1 saturated heterocycles. The van der Waals surface area contributed by atoms with Crippen molar-refractivity contribution in [2.45, 2.75) is 31.1 Å². The molecule has 10 heteroatoms. The fourth-order valence-electron chi connectivity index (χ4n) is 3.61. The van der Waals surface area contributed by atoms with Crippen molar-refractivity contribution in [1.29, 1.82) is 0 Å². The van der Waals surface area contributed by atoms with Gasteiger partial charge in [-0.3, -0.25) is 9.59 Å². The Balaban J connectivity index is 1.92. The van der Waals surface area contributed by atoms with Gasteiger partial charge in [-0.2, -0.15) is 0 Å². The summed E-state index contributed by atoms with van der Waals surface area (Å²) in [4.78, 5) is 27.6. The van der Waals surface area contributed by atoms with Gasteiger partial charge in [0, 0.05) is 45.1 Å². The number of benzene rings is 2. The van der Waals surface area contributed by atoms with E-state index in [1.54, 1.807) is 18.2 Å². The van der Waals surface area contributed by atoms with Crippen LogP contribution in [0.4, 0.5) is 11.4 Å². The number of nitrogens with zero attached hydrogens (tertiary/aromatic N) is 2. The molecule has 8 nitrogen and oxygen atoms in total. The average Bonchev–Trinajstić information content (AvgIpc) is 3.31. The van der Waals surface area contributed by atoms with Crippen molar-refractivity contribution in [3.63, 3.8) is 0 Å². The normalized spacial score (nSPS) is 13.9. The van der Waals surface area contributed by atoms with E-state index in [1.165, 1.54) is 32.3 Å². The highest BCUT2D eigenvalue weighted by Gasteiger charge is 2.25. The Bertz CT molecular complexity index is 1150. The fraction of sp³-hybridized carbons (Fsp3) is 0.391. The number of anilines is 2. The Labute approximate surface area is 200 Å². The highest BCUT2D eigenvalue weighted by Crippen LogP contribution is 2.29. The van der Waals surface area contributed by atoms with Crippen molar-refractivity contribution in [3.05, 3.63) is 52.5 Å². The Morgan fingerprint density at radius 2 is 1.73 bits per heavy atom. The molecule has 2 N–H and O–H groups in total. The molecule has 0 bridgehead atoms. The van der Waals surface area contributed by atoms with Crippen molar-refractivity contribution in [3.8, 4) is 0 Å². The summed E-state index contributed by atoms with van der Waals surface area (Å²) in [5.41, 5.74) is 1.68. The molecule has 0 atom stereocenters. The predicted molar refractivity (Wildman–Crippen MR) is 131 cm³/mol. The molecule has 1 heterocycles. The van der Waals surface area contributed by atoms with Gasteiger partial charge in [0.1, 0.15) is 0 Å². The zero-order valence-electron chi connectivity index (χ0n) is 19.0. The van der Waals surface area contributed by atoms with Gasteiger partial charge in [-0.05, 0) is 55.7 Å². The molecule has 2 aromatic carbocycles. The van der Waals surface area contributed by atoms with E-state index in [2.05, 4.69) is 15.5 Å². The molecule has 2 aromatic rings. The number of hydrogen-bond acceptors (Lipinski definition) is 5. The summed E-state index contributed by atoms with van der Waals surface area (Å²) in [6.07, 6.45) is 2.82. The number of carbonyl (C=O) groups is 2. The van der Waals surface area contributed by atoms with Crippen LogP contribution >= 0.6 is 11.6 Å². The van der Waals surface area contributed by atoms with Gasteiger partial charge in [-0.25, -0.2) is 12.7 Å². The van der Waals surface area contributed by atoms with Crippen LogP contribution in [-0.4, -0.2) is 58.3 Å². The van der Waals surface area contributed by atoms with E-state index in [9.17, 15) is 18.0 Å². The van der Waals surface area contributed by atoms with Crippen LogP contribution in [0.5, 0.6) is 0 Å². The Morgan fingerprint density at radius 1 is 1.03 bits per heavy atom. The topological polar surface area (TPSA) is 98.8 Å². The SMILES string of the molecule is CCCNC(=O)c1ccc(NC(=O)c2cc(S(=O)(=O)N(C)C)ccc2N2CCCC2)cc1Cl. The van der Waals surface area contributed by atoms with Crippen LogP contribution in [0.15, 0.2) is 41.3 Å². The van der Waals surface area contributed by atoms with E-state index in [-0.39, 0.29) is 21.4 Å². The molecule has 33 heavy (non-hydrogen) atoms. The maximum Gasteiger partial charge on any atom is 0.257 e. The summed E-state index contributed by atoms with van der Waals surface area (Å²) in [6, 6.07) is 9.28. The summed E-state index contributed by atoms with van der Waals surface area (Å²) in [5.74, 6) is -0.732. The number of rotatable bonds is 8. The number of hydrogen-bond donors (Lipinski definition) is 2. The number of amides is 2. The first-order valence-electron chi connectivity index (χ1n) is 10.9. The van der Waals surface area contributed by atoms with Gasteiger partial charge >= 0.3 is 0 Å². The molecule has 0 radical (unpaired) electrons. The lowest BCUT2D eigenvalue weighted by molar-refractivity contribution is 0.0953. The van der Waals surface area contributed by atoms with E-state index >= 15 is 0 Å². The standard InChI is InChI=1S/C23H29ClN4O4S/c1-4-11-25-22(29)18-9-7-16(14-20(18)24)26-23(30)19-15-17(33(31,32)27(2)3)8-10-21(19)28-12-5-6-13-28/h7-10,14-15H,4-6,11-13H2,1-3H3,(H,25,29)(H,26,30). The highest BCUT2D eigenvalue weighted by atomic mass is 35.5. The zero-order valence-corrected chi connectivity index (χ0v) is 20.6. The van der Waals surface area contributed by atoms with Gasteiger partial charge in [-0.1, -0.05) is 18.5 Å². The van der Waals surface area contributed by atoms with E-state index in [0.29, 0.717) is 23.5 Å².